The van der Waals surface area contributed by atoms with Gasteiger partial charge >= 0.3 is 0 Å². The number of thiophene rings is 1. The van der Waals surface area contributed by atoms with Crippen LogP contribution in [-0.2, 0) is 16.4 Å². The molecule has 8 nitrogen and oxygen atoms in total. The molecule has 2 aromatic carbocycles. The molecule has 0 saturated heterocycles. The summed E-state index contributed by atoms with van der Waals surface area (Å²) in [7, 11) is -3.94. The van der Waals surface area contributed by atoms with E-state index < -0.39 is 14.9 Å². The number of amides is 1. The van der Waals surface area contributed by atoms with E-state index >= 15 is 0 Å². The summed E-state index contributed by atoms with van der Waals surface area (Å²) in [5, 5.41) is 12.6. The minimum atomic E-state index is -3.94. The van der Waals surface area contributed by atoms with E-state index in [1.165, 1.54) is 23.5 Å². The second kappa shape index (κ2) is 7.88. The molecule has 2 heterocycles. The maximum atomic E-state index is 12.9. The number of rotatable bonds is 5. The molecule has 30 heavy (non-hydrogen) atoms. The van der Waals surface area contributed by atoms with Gasteiger partial charge in [-0.2, -0.15) is 0 Å². The molecule has 1 N–H and O–H groups in total. The van der Waals surface area contributed by atoms with Gasteiger partial charge in [0.2, 0.25) is 0 Å². The van der Waals surface area contributed by atoms with Crippen molar-refractivity contribution in [2.75, 3.05) is 16.2 Å². The van der Waals surface area contributed by atoms with E-state index in [-0.39, 0.29) is 16.5 Å². The third kappa shape index (κ3) is 3.91. The summed E-state index contributed by atoms with van der Waals surface area (Å²) in [6.45, 7) is 0.558. The Morgan fingerprint density at radius 1 is 1.13 bits per heavy atom. The van der Waals surface area contributed by atoms with Gasteiger partial charge in [-0.05, 0) is 54.1 Å². The van der Waals surface area contributed by atoms with E-state index in [0.717, 1.165) is 30.5 Å². The fourth-order valence-electron chi connectivity index (χ4n) is 3.34. The quantitative estimate of drug-likeness (QED) is 0.473. The summed E-state index contributed by atoms with van der Waals surface area (Å²) in [6, 6.07) is 13.4. The summed E-state index contributed by atoms with van der Waals surface area (Å²) in [5.41, 5.74) is 1.79. The highest BCUT2D eigenvalue weighted by molar-refractivity contribution is 7.92. The first-order chi connectivity index (χ1) is 14.3. The summed E-state index contributed by atoms with van der Waals surface area (Å²) in [6.07, 6.45) is 1.64. The van der Waals surface area contributed by atoms with Crippen LogP contribution in [-0.4, -0.2) is 25.8 Å². The number of nitrogens with one attached hydrogen (secondary N) is 1. The minimum Gasteiger partial charge on any atom is -0.307 e. The van der Waals surface area contributed by atoms with Crippen LogP contribution >= 0.6 is 11.3 Å². The lowest BCUT2D eigenvalue weighted by Gasteiger charge is -2.29. The molecule has 0 spiro atoms. The highest BCUT2D eigenvalue weighted by Crippen LogP contribution is 2.32. The van der Waals surface area contributed by atoms with Crippen LogP contribution in [0.5, 0.6) is 0 Å². The van der Waals surface area contributed by atoms with Crippen molar-refractivity contribution in [2.24, 2.45) is 0 Å². The molecular formula is C20H17N3O5S2. The molecule has 1 amide bonds. The maximum Gasteiger partial charge on any atom is 0.269 e. The van der Waals surface area contributed by atoms with Gasteiger partial charge in [0, 0.05) is 24.4 Å². The third-order valence-corrected chi connectivity index (χ3v) is 7.05. The number of carbonyl (C=O) groups is 1. The Kier molecular flexibility index (Phi) is 5.27. The lowest BCUT2D eigenvalue weighted by atomic mass is 10.0. The van der Waals surface area contributed by atoms with Crippen LogP contribution < -0.4 is 9.62 Å². The number of hydrogen-bond acceptors (Lipinski definition) is 6. The molecule has 0 fully saturated rings. The number of nitro benzene ring substituents is 1. The van der Waals surface area contributed by atoms with E-state index in [1.54, 1.807) is 23.1 Å². The first kappa shape index (κ1) is 20.0. The monoisotopic (exact) mass is 443 g/mol. The Bertz CT molecular complexity index is 1210. The predicted octanol–water partition coefficient (Wildman–Crippen LogP) is 4.05. The van der Waals surface area contributed by atoms with Crippen LogP contribution in [0.15, 0.2) is 64.9 Å². The highest BCUT2D eigenvalue weighted by Gasteiger charge is 2.25. The number of sulfonamides is 1. The number of nitrogens with zero attached hydrogens (tertiary/aromatic N) is 2. The van der Waals surface area contributed by atoms with Gasteiger partial charge in [-0.3, -0.25) is 19.6 Å². The van der Waals surface area contributed by atoms with Crippen LogP contribution in [0.2, 0.25) is 0 Å². The van der Waals surface area contributed by atoms with Crippen molar-refractivity contribution in [1.29, 1.82) is 0 Å². The van der Waals surface area contributed by atoms with Gasteiger partial charge in [-0.1, -0.05) is 12.1 Å². The number of nitro groups is 1. The average molecular weight is 444 g/mol. The molecular weight excluding hydrogens is 426 g/mol. The first-order valence-electron chi connectivity index (χ1n) is 9.11. The molecule has 0 radical (unpaired) electrons. The molecule has 154 valence electrons. The van der Waals surface area contributed by atoms with E-state index in [2.05, 4.69) is 4.72 Å². The normalized spacial score (nSPS) is 13.5. The molecule has 0 aliphatic carbocycles. The zero-order valence-electron chi connectivity index (χ0n) is 15.6. The molecule has 0 bridgehead atoms. The van der Waals surface area contributed by atoms with E-state index in [1.807, 2.05) is 17.5 Å². The molecule has 0 saturated carbocycles. The van der Waals surface area contributed by atoms with Gasteiger partial charge in [0.05, 0.1) is 20.4 Å². The van der Waals surface area contributed by atoms with Crippen molar-refractivity contribution in [2.45, 2.75) is 17.7 Å². The Labute approximate surface area is 177 Å². The SMILES string of the molecule is O=C(c1cccs1)N1CCCc2ccc(NS(=O)(=O)c3ccc([N+](=O)[O-])cc3)cc21. The van der Waals surface area contributed by atoms with Crippen LogP contribution in [0.3, 0.4) is 0 Å². The van der Waals surface area contributed by atoms with Gasteiger partial charge in [0.15, 0.2) is 0 Å². The standard InChI is InChI=1S/C20H17N3O5S2/c24-20(19-4-2-12-29-19)22-11-1-3-14-5-6-15(13-18(14)22)21-30(27,28)17-9-7-16(8-10-17)23(25)26/h2,4-10,12-13,21H,1,3,11H2. The number of carbonyl (C=O) groups excluding carboxylic acids is 1. The largest absolute Gasteiger partial charge is 0.307 e. The Morgan fingerprint density at radius 2 is 1.90 bits per heavy atom. The highest BCUT2D eigenvalue weighted by atomic mass is 32.2. The maximum absolute atomic E-state index is 12.9. The van der Waals surface area contributed by atoms with E-state index in [9.17, 15) is 23.3 Å². The van der Waals surface area contributed by atoms with Gasteiger partial charge in [0.25, 0.3) is 21.6 Å². The number of aryl methyl sites for hydroxylation is 1. The van der Waals surface area contributed by atoms with Gasteiger partial charge < -0.3 is 4.90 Å². The van der Waals surface area contributed by atoms with Crippen LogP contribution in [0.4, 0.5) is 17.1 Å². The van der Waals surface area contributed by atoms with Gasteiger partial charge in [-0.25, -0.2) is 8.42 Å². The molecule has 3 aromatic rings. The predicted molar refractivity (Wildman–Crippen MR) is 115 cm³/mol. The second-order valence-corrected chi connectivity index (χ2v) is 9.37. The summed E-state index contributed by atoms with van der Waals surface area (Å²) < 4.78 is 27.9. The van der Waals surface area contributed by atoms with E-state index in [0.29, 0.717) is 22.8 Å². The number of benzene rings is 2. The Hall–Kier alpha value is -3.24. The summed E-state index contributed by atoms with van der Waals surface area (Å²) in [4.78, 5) is 25.3. The van der Waals surface area contributed by atoms with Crippen LogP contribution in [0.25, 0.3) is 0 Å². The zero-order chi connectivity index (χ0) is 21.3. The topological polar surface area (TPSA) is 110 Å². The number of fused-ring (bicyclic) bond motifs is 1. The number of hydrogen-bond donors (Lipinski definition) is 1. The molecule has 1 aliphatic heterocycles. The molecule has 0 unspecified atom stereocenters. The lowest BCUT2D eigenvalue weighted by molar-refractivity contribution is -0.384. The van der Waals surface area contributed by atoms with Crippen LogP contribution in [0.1, 0.15) is 21.7 Å². The van der Waals surface area contributed by atoms with Crippen molar-refractivity contribution in [3.63, 3.8) is 0 Å². The molecule has 4 rings (SSSR count). The molecule has 10 heteroatoms. The first-order valence-corrected chi connectivity index (χ1v) is 11.5. The number of non-ortho nitro benzene ring substituents is 1. The van der Waals surface area contributed by atoms with Gasteiger partial charge in [-0.15, -0.1) is 11.3 Å². The molecule has 1 aliphatic rings. The Balaban J connectivity index is 1.62. The Morgan fingerprint density at radius 3 is 2.57 bits per heavy atom. The molecule has 1 aromatic heterocycles. The third-order valence-electron chi connectivity index (χ3n) is 4.79. The van der Waals surface area contributed by atoms with Crippen LogP contribution in [0, 0.1) is 10.1 Å². The van der Waals surface area contributed by atoms with E-state index in [4.69, 9.17) is 0 Å². The minimum absolute atomic E-state index is 0.0858. The number of anilines is 2. The average Bonchev–Trinajstić information content (AvgIpc) is 3.27. The second-order valence-electron chi connectivity index (χ2n) is 6.74. The van der Waals surface area contributed by atoms with Crippen molar-refractivity contribution in [3.8, 4) is 0 Å². The lowest BCUT2D eigenvalue weighted by Crippen LogP contribution is -2.35. The van der Waals surface area contributed by atoms with Gasteiger partial charge in [0.1, 0.15) is 0 Å². The fourth-order valence-corrected chi connectivity index (χ4v) is 5.06. The smallest absolute Gasteiger partial charge is 0.269 e. The fraction of sp³-hybridized carbons (Fsp3) is 0.150. The zero-order valence-corrected chi connectivity index (χ0v) is 17.3. The van der Waals surface area contributed by atoms with Crippen molar-refractivity contribution < 1.29 is 18.1 Å². The van der Waals surface area contributed by atoms with Crippen molar-refractivity contribution in [1.82, 2.24) is 0 Å². The summed E-state index contributed by atoms with van der Waals surface area (Å²) >= 11 is 1.36. The molecule has 0 atom stereocenters. The summed E-state index contributed by atoms with van der Waals surface area (Å²) in [5.74, 6) is -0.110. The van der Waals surface area contributed by atoms with Crippen molar-refractivity contribution in [3.05, 3.63) is 80.5 Å². The van der Waals surface area contributed by atoms with Crippen molar-refractivity contribution >= 4 is 44.3 Å².